The summed E-state index contributed by atoms with van der Waals surface area (Å²) in [6.45, 7) is 7.48. The second-order valence-electron chi connectivity index (χ2n) is 11.5. The van der Waals surface area contributed by atoms with Gasteiger partial charge in [-0.1, -0.05) is 44.2 Å². The topological polar surface area (TPSA) is 130 Å². The maximum Gasteiger partial charge on any atom is 0.325 e. The van der Waals surface area contributed by atoms with E-state index in [4.69, 9.17) is 9.72 Å². The summed E-state index contributed by atoms with van der Waals surface area (Å²) in [5.74, 6) is -1.65. The highest BCUT2D eigenvalue weighted by molar-refractivity contribution is 5.95. The van der Waals surface area contributed by atoms with Gasteiger partial charge in [-0.15, -0.1) is 0 Å². The largest absolute Gasteiger partial charge is 0.455 e. The predicted molar refractivity (Wildman–Crippen MR) is 149 cm³/mol. The zero-order valence-corrected chi connectivity index (χ0v) is 23.4. The van der Waals surface area contributed by atoms with Crippen molar-refractivity contribution in [3.05, 3.63) is 47.7 Å². The molecule has 10 heteroatoms. The number of hydrogen-bond donors (Lipinski definition) is 3. The molecule has 3 amide bonds. The number of benzene rings is 1. The van der Waals surface area contributed by atoms with Gasteiger partial charge < -0.3 is 15.4 Å². The van der Waals surface area contributed by atoms with Crippen molar-refractivity contribution in [1.29, 1.82) is 0 Å². The van der Waals surface area contributed by atoms with Crippen molar-refractivity contribution in [1.82, 2.24) is 26.1 Å². The third-order valence-corrected chi connectivity index (χ3v) is 7.98. The van der Waals surface area contributed by atoms with Crippen LogP contribution in [0.4, 0.5) is 0 Å². The maximum atomic E-state index is 13.4. The number of esters is 1. The summed E-state index contributed by atoms with van der Waals surface area (Å²) in [4.78, 5) is 57.6. The van der Waals surface area contributed by atoms with E-state index in [1.54, 1.807) is 13.8 Å². The minimum absolute atomic E-state index is 0.192. The zero-order valence-electron chi connectivity index (χ0n) is 23.4. The first-order valence-electron chi connectivity index (χ1n) is 14.1. The molecule has 1 aliphatic carbocycles. The maximum absolute atomic E-state index is 13.4. The molecule has 5 bridgehead atoms. The Morgan fingerprint density at radius 3 is 2.52 bits per heavy atom. The molecule has 212 valence electrons. The highest BCUT2D eigenvalue weighted by atomic mass is 16.5. The molecule has 2 fully saturated rings. The molecule has 0 unspecified atom stereocenters. The van der Waals surface area contributed by atoms with E-state index >= 15 is 0 Å². The number of ether oxygens (including phenoxy) is 1. The number of carbonyl (C=O) groups is 4. The molecule has 1 spiro atoms. The van der Waals surface area contributed by atoms with Gasteiger partial charge in [-0.3, -0.25) is 24.2 Å². The van der Waals surface area contributed by atoms with Gasteiger partial charge in [0.2, 0.25) is 11.8 Å². The van der Waals surface area contributed by atoms with Crippen molar-refractivity contribution in [2.75, 3.05) is 6.54 Å². The lowest BCUT2D eigenvalue weighted by atomic mass is 9.99. The first kappa shape index (κ1) is 27.8. The Hall–Kier alpha value is -3.79. The van der Waals surface area contributed by atoms with Crippen molar-refractivity contribution < 1.29 is 23.9 Å². The molecular formula is C30H37N5O5. The summed E-state index contributed by atoms with van der Waals surface area (Å²) < 4.78 is 5.76. The Morgan fingerprint density at radius 1 is 1.05 bits per heavy atom. The average Bonchev–Trinajstić information content (AvgIpc) is 3.74. The fraction of sp³-hybridized carbons (Fsp3) is 0.500. The second-order valence-corrected chi connectivity index (χ2v) is 11.5. The number of fused-ring (bicyclic) bond motifs is 4. The van der Waals surface area contributed by atoms with Crippen LogP contribution < -0.4 is 16.1 Å². The van der Waals surface area contributed by atoms with E-state index in [0.717, 1.165) is 16.5 Å². The lowest BCUT2D eigenvalue weighted by Gasteiger charge is -2.35. The zero-order chi connectivity index (χ0) is 28.6. The SMILES string of the molecule is CC(C)[C@@H]1NC(=O)C2(/C=C/c3ccc4ccc(nc4c3)[C@@H](C)OC(=O)[C@@H]3CCCN(N3)C(=O)[C@H](C)NC1=O)CC2. The van der Waals surface area contributed by atoms with Gasteiger partial charge in [0, 0.05) is 11.9 Å². The Morgan fingerprint density at radius 2 is 1.80 bits per heavy atom. The van der Waals surface area contributed by atoms with Gasteiger partial charge in [-0.25, -0.2) is 10.4 Å². The fourth-order valence-corrected chi connectivity index (χ4v) is 5.19. The van der Waals surface area contributed by atoms with Gasteiger partial charge in [0.15, 0.2) is 0 Å². The second kappa shape index (κ2) is 11.0. The van der Waals surface area contributed by atoms with E-state index in [1.807, 2.05) is 56.3 Å². The minimum atomic E-state index is -0.863. The summed E-state index contributed by atoms with van der Waals surface area (Å²) in [5, 5.41) is 8.01. The molecule has 3 heterocycles. The van der Waals surface area contributed by atoms with Crippen molar-refractivity contribution in [3.63, 3.8) is 0 Å². The molecule has 1 aromatic heterocycles. The molecule has 2 aromatic rings. The quantitative estimate of drug-likeness (QED) is 0.468. The normalized spacial score (nSPS) is 28.3. The molecule has 1 saturated heterocycles. The number of nitrogens with zero attached hydrogens (tertiary/aromatic N) is 2. The molecule has 3 aliphatic rings. The number of carbonyl (C=O) groups excluding carboxylic acids is 4. The molecular weight excluding hydrogens is 510 g/mol. The van der Waals surface area contributed by atoms with Crippen molar-refractivity contribution in [2.45, 2.75) is 77.6 Å². The molecule has 2 aliphatic heterocycles. The van der Waals surface area contributed by atoms with Crippen LogP contribution in [-0.2, 0) is 23.9 Å². The van der Waals surface area contributed by atoms with Crippen LogP contribution in [0, 0.1) is 11.3 Å². The number of rotatable bonds is 1. The third-order valence-electron chi connectivity index (χ3n) is 7.98. The van der Waals surface area contributed by atoms with E-state index in [1.165, 1.54) is 5.01 Å². The van der Waals surface area contributed by atoms with Crippen LogP contribution in [0.25, 0.3) is 17.0 Å². The summed E-state index contributed by atoms with van der Waals surface area (Å²) in [7, 11) is 0. The Labute approximate surface area is 233 Å². The lowest BCUT2D eigenvalue weighted by molar-refractivity contribution is -0.157. The van der Waals surface area contributed by atoms with Crippen molar-refractivity contribution >= 4 is 40.7 Å². The van der Waals surface area contributed by atoms with Crippen LogP contribution in [0.3, 0.4) is 0 Å². The molecule has 10 nitrogen and oxygen atoms in total. The van der Waals surface area contributed by atoms with E-state index < -0.39 is 41.5 Å². The van der Waals surface area contributed by atoms with E-state index in [2.05, 4.69) is 16.1 Å². The first-order chi connectivity index (χ1) is 19.1. The smallest absolute Gasteiger partial charge is 0.325 e. The lowest BCUT2D eigenvalue weighted by Crippen LogP contribution is -2.61. The van der Waals surface area contributed by atoms with Gasteiger partial charge in [0.25, 0.3) is 5.91 Å². The van der Waals surface area contributed by atoms with Gasteiger partial charge >= 0.3 is 5.97 Å². The first-order valence-corrected chi connectivity index (χ1v) is 14.1. The number of hydrazine groups is 1. The van der Waals surface area contributed by atoms with E-state index in [-0.39, 0.29) is 17.7 Å². The molecule has 3 N–H and O–H groups in total. The summed E-state index contributed by atoms with van der Waals surface area (Å²) in [5.41, 5.74) is 4.57. The van der Waals surface area contributed by atoms with Crippen molar-refractivity contribution in [3.8, 4) is 0 Å². The van der Waals surface area contributed by atoms with Crippen LogP contribution in [0.1, 0.15) is 70.7 Å². The standard InChI is InChI=1S/C30H37N5O5/c1-17(2)25-26(36)31-18(3)27(37)35-15-5-6-23(34-35)28(38)40-19(4)22-10-9-21-8-7-20(16-24(21)32-22)11-12-30(13-14-30)29(39)33-25/h7-12,16-19,23,25,34H,5-6,13-15H2,1-4H3,(H,31,36)(H,33,39)/b12-11+/t18-,19+,23-,25-/m0/s1. The number of nitrogens with one attached hydrogen (secondary N) is 3. The van der Waals surface area contributed by atoms with Gasteiger partial charge in [0.1, 0.15) is 24.2 Å². The van der Waals surface area contributed by atoms with Gasteiger partial charge in [0.05, 0.1) is 16.6 Å². The number of cyclic esters (lactones) is 1. The van der Waals surface area contributed by atoms with Gasteiger partial charge in [-0.05, 0) is 63.1 Å². The summed E-state index contributed by atoms with van der Waals surface area (Å²) in [6, 6.07) is 7.30. The predicted octanol–water partition coefficient (Wildman–Crippen LogP) is 2.79. The summed E-state index contributed by atoms with van der Waals surface area (Å²) >= 11 is 0. The molecule has 4 atom stereocenters. The van der Waals surface area contributed by atoms with E-state index in [0.29, 0.717) is 37.9 Å². The van der Waals surface area contributed by atoms with Crippen LogP contribution in [0.2, 0.25) is 0 Å². The molecule has 0 radical (unpaired) electrons. The average molecular weight is 548 g/mol. The highest BCUT2D eigenvalue weighted by Gasteiger charge is 2.48. The van der Waals surface area contributed by atoms with Crippen LogP contribution in [0.5, 0.6) is 0 Å². The fourth-order valence-electron chi connectivity index (χ4n) is 5.19. The van der Waals surface area contributed by atoms with Crippen LogP contribution in [0.15, 0.2) is 36.4 Å². The Balaban J connectivity index is 1.48. The summed E-state index contributed by atoms with van der Waals surface area (Å²) in [6.07, 6.45) is 5.72. The highest BCUT2D eigenvalue weighted by Crippen LogP contribution is 2.48. The van der Waals surface area contributed by atoms with E-state index in [9.17, 15) is 19.2 Å². The van der Waals surface area contributed by atoms with Crippen LogP contribution in [-0.4, -0.2) is 58.4 Å². The molecule has 5 rings (SSSR count). The Kier molecular flexibility index (Phi) is 7.63. The monoisotopic (exact) mass is 547 g/mol. The minimum Gasteiger partial charge on any atom is -0.455 e. The number of amides is 3. The van der Waals surface area contributed by atoms with Gasteiger partial charge in [-0.2, -0.15) is 0 Å². The molecule has 40 heavy (non-hydrogen) atoms. The van der Waals surface area contributed by atoms with Crippen LogP contribution >= 0.6 is 0 Å². The third kappa shape index (κ3) is 5.72. The number of hydrogen-bond acceptors (Lipinski definition) is 7. The molecule has 1 saturated carbocycles. The number of aromatic nitrogens is 1. The molecule has 1 aromatic carbocycles. The number of pyridine rings is 1. The Bertz CT molecular complexity index is 1370. The van der Waals surface area contributed by atoms with Crippen molar-refractivity contribution in [2.24, 2.45) is 11.3 Å².